The summed E-state index contributed by atoms with van der Waals surface area (Å²) in [6.07, 6.45) is 2.46. The van der Waals surface area contributed by atoms with E-state index < -0.39 is 0 Å². The molecule has 1 saturated carbocycles. The number of hydrogen-bond donors (Lipinski definition) is 2. The molecule has 15 heavy (non-hydrogen) atoms. The van der Waals surface area contributed by atoms with Crippen molar-refractivity contribution in [3.63, 3.8) is 0 Å². The second kappa shape index (κ2) is 4.03. The molecule has 0 aromatic heterocycles. The van der Waals surface area contributed by atoms with E-state index in [0.717, 1.165) is 24.8 Å². The molecule has 2 rings (SSSR count). The summed E-state index contributed by atoms with van der Waals surface area (Å²) in [6.45, 7) is 0. The predicted molar refractivity (Wildman–Crippen MR) is 57.0 cm³/mol. The number of aliphatic hydroxyl groups is 1. The molecular formula is C12H14O3. The van der Waals surface area contributed by atoms with Crippen molar-refractivity contribution in [2.45, 2.75) is 31.3 Å². The Morgan fingerprint density at radius 1 is 1.13 bits per heavy atom. The summed E-state index contributed by atoms with van der Waals surface area (Å²) in [6, 6.07) is 6.18. The third-order valence-electron chi connectivity index (χ3n) is 3.02. The van der Waals surface area contributed by atoms with Crippen LogP contribution in [-0.2, 0) is 0 Å². The van der Waals surface area contributed by atoms with E-state index in [4.69, 9.17) is 0 Å². The van der Waals surface area contributed by atoms with Gasteiger partial charge < -0.3 is 10.2 Å². The molecule has 2 atom stereocenters. The van der Waals surface area contributed by atoms with E-state index in [2.05, 4.69) is 0 Å². The van der Waals surface area contributed by atoms with E-state index in [0.29, 0.717) is 0 Å². The molecule has 1 fully saturated rings. The van der Waals surface area contributed by atoms with Crippen LogP contribution in [0, 0.1) is 0 Å². The lowest BCUT2D eigenvalue weighted by molar-refractivity contribution is 0.164. The van der Waals surface area contributed by atoms with Gasteiger partial charge in [0, 0.05) is 5.92 Å². The smallest absolute Gasteiger partial charge is 0.220 e. The fourth-order valence-electron chi connectivity index (χ4n) is 2.15. The van der Waals surface area contributed by atoms with Gasteiger partial charge in [-0.2, -0.15) is 0 Å². The summed E-state index contributed by atoms with van der Waals surface area (Å²) in [5.41, 5.74) is 0.547. The molecule has 0 aliphatic heterocycles. The largest absolute Gasteiger partial charge is 0.504 e. The molecule has 0 radical (unpaired) electrons. The zero-order valence-electron chi connectivity index (χ0n) is 8.39. The highest BCUT2D eigenvalue weighted by Crippen LogP contribution is 2.34. The van der Waals surface area contributed by atoms with Crippen LogP contribution < -0.4 is 5.43 Å². The third kappa shape index (κ3) is 2.02. The lowest BCUT2D eigenvalue weighted by atomic mass is 9.97. The summed E-state index contributed by atoms with van der Waals surface area (Å²) in [7, 11) is 0. The Morgan fingerprint density at radius 3 is 2.53 bits per heavy atom. The van der Waals surface area contributed by atoms with Crippen LogP contribution in [0.4, 0.5) is 0 Å². The molecule has 1 aromatic rings. The summed E-state index contributed by atoms with van der Waals surface area (Å²) in [5, 5.41) is 19.0. The molecular weight excluding hydrogens is 192 g/mol. The molecule has 1 aromatic carbocycles. The van der Waals surface area contributed by atoms with Crippen LogP contribution in [-0.4, -0.2) is 16.3 Å². The van der Waals surface area contributed by atoms with E-state index in [1.807, 2.05) is 0 Å². The van der Waals surface area contributed by atoms with Crippen molar-refractivity contribution >= 4 is 0 Å². The highest BCUT2D eigenvalue weighted by Gasteiger charge is 2.26. The monoisotopic (exact) mass is 206 g/mol. The van der Waals surface area contributed by atoms with Crippen molar-refractivity contribution in [2.24, 2.45) is 0 Å². The van der Waals surface area contributed by atoms with Gasteiger partial charge in [0.25, 0.3) is 0 Å². The van der Waals surface area contributed by atoms with Crippen molar-refractivity contribution in [3.05, 3.63) is 40.1 Å². The van der Waals surface area contributed by atoms with Crippen molar-refractivity contribution in [1.29, 1.82) is 0 Å². The van der Waals surface area contributed by atoms with Crippen LogP contribution in [0.2, 0.25) is 0 Å². The highest BCUT2D eigenvalue weighted by molar-refractivity contribution is 5.27. The Hall–Kier alpha value is -1.35. The van der Waals surface area contributed by atoms with E-state index in [-0.39, 0.29) is 23.2 Å². The summed E-state index contributed by atoms with van der Waals surface area (Å²) in [4.78, 5) is 11.2. The molecule has 80 valence electrons. The van der Waals surface area contributed by atoms with Crippen molar-refractivity contribution < 1.29 is 10.2 Å². The van der Waals surface area contributed by atoms with Gasteiger partial charge in [0.2, 0.25) is 5.43 Å². The van der Waals surface area contributed by atoms with Crippen molar-refractivity contribution in [3.8, 4) is 5.75 Å². The minimum Gasteiger partial charge on any atom is -0.504 e. The van der Waals surface area contributed by atoms with Crippen molar-refractivity contribution in [1.82, 2.24) is 0 Å². The molecule has 3 nitrogen and oxygen atoms in total. The molecule has 0 bridgehead atoms. The minimum atomic E-state index is -0.381. The van der Waals surface area contributed by atoms with Crippen LogP contribution in [0.5, 0.6) is 5.75 Å². The SMILES string of the molecule is O=c1ccc([C@@H]2CCC[C@H]2O)ccc1O. The molecule has 0 saturated heterocycles. The quantitative estimate of drug-likeness (QED) is 0.729. The van der Waals surface area contributed by atoms with Crippen LogP contribution in [0.25, 0.3) is 0 Å². The number of aromatic hydroxyl groups is 1. The first kappa shape index (κ1) is 10.2. The van der Waals surface area contributed by atoms with Gasteiger partial charge in [-0.25, -0.2) is 0 Å². The molecule has 0 unspecified atom stereocenters. The van der Waals surface area contributed by atoms with Gasteiger partial charge >= 0.3 is 0 Å². The maximum Gasteiger partial charge on any atom is 0.220 e. The Kier molecular flexibility index (Phi) is 2.73. The molecule has 3 heteroatoms. The zero-order valence-corrected chi connectivity index (χ0v) is 8.39. The molecule has 0 heterocycles. The van der Waals surface area contributed by atoms with Crippen LogP contribution in [0.1, 0.15) is 30.7 Å². The normalized spacial score (nSPS) is 25.4. The third-order valence-corrected chi connectivity index (χ3v) is 3.02. The summed E-state index contributed by atoms with van der Waals surface area (Å²) in [5.74, 6) is -0.134. The average molecular weight is 206 g/mol. The van der Waals surface area contributed by atoms with Crippen molar-refractivity contribution in [2.75, 3.05) is 0 Å². The minimum absolute atomic E-state index is 0.108. The Balaban J connectivity index is 2.38. The van der Waals surface area contributed by atoms with E-state index in [1.54, 1.807) is 12.1 Å². The van der Waals surface area contributed by atoms with Gasteiger partial charge in [0.1, 0.15) is 0 Å². The predicted octanol–water partition coefficient (Wildman–Crippen LogP) is 1.38. The lowest BCUT2D eigenvalue weighted by Gasteiger charge is -2.12. The van der Waals surface area contributed by atoms with E-state index in [1.165, 1.54) is 12.1 Å². The first-order valence-electron chi connectivity index (χ1n) is 5.20. The molecule has 1 aliphatic carbocycles. The lowest BCUT2D eigenvalue weighted by Crippen LogP contribution is -2.10. The van der Waals surface area contributed by atoms with Gasteiger partial charge in [-0.15, -0.1) is 0 Å². The van der Waals surface area contributed by atoms with Gasteiger partial charge in [0.05, 0.1) is 6.10 Å². The van der Waals surface area contributed by atoms with E-state index >= 15 is 0 Å². The number of rotatable bonds is 1. The average Bonchev–Trinajstić information content (AvgIpc) is 2.57. The van der Waals surface area contributed by atoms with Crippen LogP contribution in [0.15, 0.2) is 29.1 Å². The molecule has 0 amide bonds. The summed E-state index contributed by atoms with van der Waals surface area (Å²) < 4.78 is 0. The first-order valence-corrected chi connectivity index (χ1v) is 5.20. The van der Waals surface area contributed by atoms with Gasteiger partial charge in [-0.3, -0.25) is 4.79 Å². The maximum atomic E-state index is 11.2. The first-order chi connectivity index (χ1) is 7.18. The number of aliphatic hydroxyl groups excluding tert-OH is 1. The molecule has 1 aliphatic rings. The second-order valence-corrected chi connectivity index (χ2v) is 4.02. The highest BCUT2D eigenvalue weighted by atomic mass is 16.3. The number of hydrogen-bond acceptors (Lipinski definition) is 3. The van der Waals surface area contributed by atoms with Gasteiger partial charge in [-0.1, -0.05) is 18.6 Å². The maximum absolute atomic E-state index is 11.2. The van der Waals surface area contributed by atoms with Crippen LogP contribution in [0.3, 0.4) is 0 Å². The molecule has 2 N–H and O–H groups in total. The topological polar surface area (TPSA) is 57.5 Å². The second-order valence-electron chi connectivity index (χ2n) is 4.02. The Bertz CT molecular complexity index is 414. The standard InChI is InChI=1S/C12H14O3/c13-10-3-1-2-9(10)8-4-6-11(14)12(15)7-5-8/h4-7,9-10,13H,1-3H2,(H,14,15)/t9-,10+/m0/s1. The molecule has 0 spiro atoms. The Morgan fingerprint density at radius 2 is 1.87 bits per heavy atom. The van der Waals surface area contributed by atoms with Crippen LogP contribution >= 0.6 is 0 Å². The zero-order chi connectivity index (χ0) is 10.8. The fraction of sp³-hybridized carbons (Fsp3) is 0.417. The van der Waals surface area contributed by atoms with Gasteiger partial charge in [-0.05, 0) is 30.5 Å². The fourth-order valence-corrected chi connectivity index (χ4v) is 2.15. The Labute approximate surface area is 88.0 Å². The van der Waals surface area contributed by atoms with Gasteiger partial charge in [0.15, 0.2) is 5.75 Å². The van der Waals surface area contributed by atoms with E-state index in [9.17, 15) is 15.0 Å². The summed E-state index contributed by atoms with van der Waals surface area (Å²) >= 11 is 0.